The average molecular weight is 99.2 g/mol. The molecule has 1 N–H and O–H groups in total. The summed E-state index contributed by atoms with van der Waals surface area (Å²) in [5, 5.41) is 8.69. The minimum absolute atomic E-state index is 0.0278. The molecule has 0 aliphatic carbocycles. The van der Waals surface area contributed by atoms with Gasteiger partial charge in [0.25, 0.3) is 0 Å². The Hall–Kier alpha value is -0.300. The van der Waals surface area contributed by atoms with Gasteiger partial charge in [-0.3, -0.25) is 0 Å². The zero-order valence-corrected chi connectivity index (χ0v) is 4.59. The Labute approximate surface area is 44.7 Å². The Morgan fingerprint density at radius 1 is 1.71 bits per heavy atom. The molecule has 41 valence electrons. The highest BCUT2D eigenvalue weighted by Crippen LogP contribution is 1.99. The Kier molecular flexibility index (Phi) is 2.68. The molecule has 0 aromatic rings. The fourth-order valence-corrected chi connectivity index (χ4v) is 0.197. The molecule has 2 atom stereocenters. The predicted molar refractivity (Wildman–Crippen MR) is 30.7 cm³/mol. The molecule has 1 heteroatoms. The third-order valence-electron chi connectivity index (χ3n) is 0.922. The average Bonchev–Trinajstić information content (AvgIpc) is 1.65. The lowest BCUT2D eigenvalue weighted by Crippen LogP contribution is -2.09. The molecule has 0 heterocycles. The van der Waals surface area contributed by atoms with Crippen molar-refractivity contribution in [3.63, 3.8) is 0 Å². The van der Waals surface area contributed by atoms with Crippen LogP contribution >= 0.6 is 0 Å². The molecule has 0 saturated heterocycles. The number of hydrogen-bond acceptors (Lipinski definition) is 1. The van der Waals surface area contributed by atoms with Gasteiger partial charge in [-0.1, -0.05) is 6.08 Å². The number of aliphatic hydroxyl groups excluding tert-OH is 1. The van der Waals surface area contributed by atoms with Crippen LogP contribution < -0.4 is 0 Å². The summed E-state index contributed by atoms with van der Waals surface area (Å²) in [6, 6.07) is 0. The minimum atomic E-state index is -0.363. The molecule has 0 amide bonds. The normalized spacial score (nSPS) is 18.1. The van der Waals surface area contributed by atoms with Crippen LogP contribution in [0.5, 0.6) is 0 Å². The van der Waals surface area contributed by atoms with Crippen LogP contribution in [0.3, 0.4) is 0 Å². The molecule has 0 bridgehead atoms. The zero-order chi connectivity index (χ0) is 5.86. The van der Waals surface area contributed by atoms with Crippen LogP contribution in [0.2, 0.25) is 0 Å². The highest BCUT2D eigenvalue weighted by Gasteiger charge is 2.00. The first-order valence-electron chi connectivity index (χ1n) is 2.32. The Balaban J connectivity index is 3.33. The van der Waals surface area contributed by atoms with E-state index in [0.29, 0.717) is 0 Å². The van der Waals surface area contributed by atoms with Crippen molar-refractivity contribution < 1.29 is 5.11 Å². The molecule has 0 rings (SSSR count). The van der Waals surface area contributed by atoms with Crippen LogP contribution in [0.25, 0.3) is 0 Å². The second-order valence-corrected chi connectivity index (χ2v) is 1.64. The Bertz CT molecular complexity index is 57.2. The summed E-state index contributed by atoms with van der Waals surface area (Å²) in [4.78, 5) is 0. The monoisotopic (exact) mass is 99.1 g/mol. The van der Waals surface area contributed by atoms with Crippen LogP contribution in [0.1, 0.15) is 6.92 Å². The van der Waals surface area contributed by atoms with Crippen molar-refractivity contribution in [2.75, 3.05) is 0 Å². The lowest BCUT2D eigenvalue weighted by atomic mass is 10.1. The lowest BCUT2D eigenvalue weighted by molar-refractivity contribution is 0.168. The van der Waals surface area contributed by atoms with E-state index in [1.807, 2.05) is 0 Å². The van der Waals surface area contributed by atoms with Crippen LogP contribution in [-0.2, 0) is 0 Å². The van der Waals surface area contributed by atoms with Gasteiger partial charge in [0.1, 0.15) is 0 Å². The van der Waals surface area contributed by atoms with E-state index in [4.69, 9.17) is 5.11 Å². The summed E-state index contributed by atoms with van der Waals surface area (Å²) < 4.78 is 0. The first kappa shape index (κ1) is 6.70. The molecule has 7 heavy (non-hydrogen) atoms. The highest BCUT2D eigenvalue weighted by atomic mass is 16.3. The zero-order valence-electron chi connectivity index (χ0n) is 4.59. The Morgan fingerprint density at radius 2 is 2.14 bits per heavy atom. The Morgan fingerprint density at radius 3 is 2.14 bits per heavy atom. The van der Waals surface area contributed by atoms with Gasteiger partial charge in [-0.2, -0.15) is 0 Å². The van der Waals surface area contributed by atoms with E-state index in [1.54, 1.807) is 13.0 Å². The number of hydrogen-bond donors (Lipinski definition) is 1. The lowest BCUT2D eigenvalue weighted by Gasteiger charge is -2.06. The molecule has 0 aliphatic rings. The molecule has 0 aromatic carbocycles. The van der Waals surface area contributed by atoms with E-state index < -0.39 is 0 Å². The fraction of sp³-hybridized carbons (Fsp3) is 0.500. The molecule has 0 saturated carbocycles. The molecular formula is C6H11O. The predicted octanol–water partition coefficient (Wildman–Crippen LogP) is 1.00. The summed E-state index contributed by atoms with van der Waals surface area (Å²) in [5.74, 6) is -0.0278. The summed E-state index contributed by atoms with van der Waals surface area (Å²) in [6.45, 7) is 8.74. The first-order valence-corrected chi connectivity index (χ1v) is 2.32. The van der Waals surface area contributed by atoms with Crippen LogP contribution in [0.15, 0.2) is 12.7 Å². The smallest absolute Gasteiger partial charge is 0.0574 e. The second kappa shape index (κ2) is 2.80. The number of rotatable bonds is 2. The van der Waals surface area contributed by atoms with Gasteiger partial charge in [0.05, 0.1) is 6.10 Å². The summed E-state index contributed by atoms with van der Waals surface area (Å²) in [6.07, 6.45) is 1.27. The van der Waals surface area contributed by atoms with E-state index in [1.165, 1.54) is 0 Å². The molecular weight excluding hydrogens is 88.1 g/mol. The maximum Gasteiger partial charge on any atom is 0.0574 e. The molecule has 2 unspecified atom stereocenters. The summed E-state index contributed by atoms with van der Waals surface area (Å²) >= 11 is 0. The quantitative estimate of drug-likeness (QED) is 0.512. The molecule has 0 aromatic heterocycles. The van der Waals surface area contributed by atoms with Crippen molar-refractivity contribution in [1.82, 2.24) is 0 Å². The SMILES string of the molecule is [CH2]C(C=C)C(C)O. The van der Waals surface area contributed by atoms with Crippen LogP contribution in [0.4, 0.5) is 0 Å². The number of aliphatic hydroxyl groups is 1. The van der Waals surface area contributed by atoms with Gasteiger partial charge >= 0.3 is 0 Å². The largest absolute Gasteiger partial charge is 0.393 e. The van der Waals surface area contributed by atoms with Crippen molar-refractivity contribution in [3.8, 4) is 0 Å². The van der Waals surface area contributed by atoms with Crippen molar-refractivity contribution in [3.05, 3.63) is 19.6 Å². The fourth-order valence-electron chi connectivity index (χ4n) is 0.197. The van der Waals surface area contributed by atoms with Crippen LogP contribution in [0, 0.1) is 12.8 Å². The second-order valence-electron chi connectivity index (χ2n) is 1.64. The van der Waals surface area contributed by atoms with Gasteiger partial charge in [-0.15, -0.1) is 6.58 Å². The van der Waals surface area contributed by atoms with Crippen LogP contribution in [-0.4, -0.2) is 11.2 Å². The van der Waals surface area contributed by atoms with E-state index in [-0.39, 0.29) is 12.0 Å². The van der Waals surface area contributed by atoms with E-state index >= 15 is 0 Å². The van der Waals surface area contributed by atoms with E-state index in [2.05, 4.69) is 13.5 Å². The van der Waals surface area contributed by atoms with Gasteiger partial charge < -0.3 is 5.11 Å². The molecule has 0 aliphatic heterocycles. The van der Waals surface area contributed by atoms with Gasteiger partial charge in [-0.25, -0.2) is 0 Å². The maximum absolute atomic E-state index is 8.69. The summed E-state index contributed by atoms with van der Waals surface area (Å²) in [5.41, 5.74) is 0. The molecule has 1 nitrogen and oxygen atoms in total. The van der Waals surface area contributed by atoms with Gasteiger partial charge in [0.2, 0.25) is 0 Å². The third kappa shape index (κ3) is 2.40. The third-order valence-corrected chi connectivity index (χ3v) is 0.922. The molecule has 0 fully saturated rings. The maximum atomic E-state index is 8.69. The van der Waals surface area contributed by atoms with Crippen molar-refractivity contribution in [2.45, 2.75) is 13.0 Å². The summed E-state index contributed by atoms with van der Waals surface area (Å²) in [7, 11) is 0. The first-order chi connectivity index (χ1) is 3.18. The van der Waals surface area contributed by atoms with E-state index in [0.717, 1.165) is 0 Å². The van der Waals surface area contributed by atoms with Gasteiger partial charge in [-0.05, 0) is 13.8 Å². The van der Waals surface area contributed by atoms with Gasteiger partial charge in [0, 0.05) is 5.92 Å². The molecule has 0 spiro atoms. The van der Waals surface area contributed by atoms with Crippen molar-refractivity contribution in [1.29, 1.82) is 0 Å². The topological polar surface area (TPSA) is 20.2 Å². The standard InChI is InChI=1S/C6H11O/c1-4-5(2)6(3)7/h4-7H,1-2H2,3H3. The van der Waals surface area contributed by atoms with E-state index in [9.17, 15) is 0 Å². The van der Waals surface area contributed by atoms with Crippen molar-refractivity contribution >= 4 is 0 Å². The molecule has 1 radical (unpaired) electrons. The minimum Gasteiger partial charge on any atom is -0.393 e. The van der Waals surface area contributed by atoms with Crippen molar-refractivity contribution in [2.24, 2.45) is 5.92 Å². The van der Waals surface area contributed by atoms with Gasteiger partial charge in [0.15, 0.2) is 0 Å². The highest BCUT2D eigenvalue weighted by molar-refractivity contribution is 4.83.